The van der Waals surface area contributed by atoms with Gasteiger partial charge in [0, 0.05) is 12.2 Å². The molecule has 0 aromatic rings. The molecule has 0 rings (SSSR count). The molecule has 0 saturated carbocycles. The van der Waals surface area contributed by atoms with E-state index in [-0.39, 0.29) is 18.8 Å². The molecule has 0 aliphatic rings. The lowest BCUT2D eigenvalue weighted by Crippen LogP contribution is -2.05. The fourth-order valence-corrected chi connectivity index (χ4v) is 0.353. The zero-order valence-electron chi connectivity index (χ0n) is 6.52. The fourth-order valence-electron chi connectivity index (χ4n) is 0.353. The number of esters is 1. The summed E-state index contributed by atoms with van der Waals surface area (Å²) in [7, 11) is 0. The van der Waals surface area contributed by atoms with E-state index in [2.05, 4.69) is 4.74 Å². The van der Waals surface area contributed by atoms with Crippen molar-refractivity contribution in [2.75, 3.05) is 6.61 Å². The molecule has 0 radical (unpaired) electrons. The molecule has 6 heteroatoms. The van der Waals surface area contributed by atoms with E-state index < -0.39 is 12.1 Å². The maximum atomic E-state index is 11.4. The predicted molar refractivity (Wildman–Crippen MR) is 36.9 cm³/mol. The number of hydrogen-bond acceptors (Lipinski definition) is 3. The molecule has 0 unspecified atom stereocenters. The Balaban J connectivity index is 0. The predicted octanol–water partition coefficient (Wildman–Crippen LogP) is 1.83. The Morgan fingerprint density at radius 1 is 1.50 bits per heavy atom. The van der Waals surface area contributed by atoms with Crippen molar-refractivity contribution in [2.45, 2.75) is 13.1 Å². The number of rotatable bonds is 2. The van der Waals surface area contributed by atoms with Gasteiger partial charge in [-0.1, -0.05) is 0 Å². The minimum Gasteiger partial charge on any atom is -0.463 e. The first-order valence-corrected chi connectivity index (χ1v) is 2.88. The summed E-state index contributed by atoms with van der Waals surface area (Å²) in [4.78, 5) is 10.3. The lowest BCUT2D eigenvalue weighted by atomic mass is 10.5. The SMILES string of the molecule is CCOC(=O)/C=C/C(F)(F)F.N. The van der Waals surface area contributed by atoms with E-state index >= 15 is 0 Å². The Morgan fingerprint density at radius 3 is 2.33 bits per heavy atom. The van der Waals surface area contributed by atoms with Gasteiger partial charge in [-0.3, -0.25) is 0 Å². The first-order valence-electron chi connectivity index (χ1n) is 2.88. The third-order valence-corrected chi connectivity index (χ3v) is 0.695. The molecule has 3 nitrogen and oxygen atoms in total. The summed E-state index contributed by atoms with van der Waals surface area (Å²) >= 11 is 0. The third-order valence-electron chi connectivity index (χ3n) is 0.695. The van der Waals surface area contributed by atoms with Gasteiger partial charge in [0.1, 0.15) is 0 Å². The highest BCUT2D eigenvalue weighted by molar-refractivity contribution is 5.81. The van der Waals surface area contributed by atoms with Crippen molar-refractivity contribution < 1.29 is 22.7 Å². The summed E-state index contributed by atoms with van der Waals surface area (Å²) in [5.41, 5.74) is 0. The molecule has 0 bridgehead atoms. The van der Waals surface area contributed by atoms with E-state index in [1.807, 2.05) is 0 Å². The van der Waals surface area contributed by atoms with Crippen LogP contribution in [0.25, 0.3) is 0 Å². The highest BCUT2D eigenvalue weighted by Crippen LogP contribution is 2.15. The molecule has 0 aliphatic carbocycles. The molecule has 0 fully saturated rings. The van der Waals surface area contributed by atoms with Crippen LogP contribution in [-0.2, 0) is 9.53 Å². The Hall–Kier alpha value is -1.04. The highest BCUT2D eigenvalue weighted by atomic mass is 19.4. The minimum atomic E-state index is -4.45. The van der Waals surface area contributed by atoms with Gasteiger partial charge in [-0.15, -0.1) is 0 Å². The Labute approximate surface area is 67.8 Å². The second-order valence-electron chi connectivity index (χ2n) is 1.63. The van der Waals surface area contributed by atoms with Crippen molar-refractivity contribution in [2.24, 2.45) is 0 Å². The molecular weight excluding hydrogens is 175 g/mol. The average Bonchev–Trinajstić information content (AvgIpc) is 1.83. The van der Waals surface area contributed by atoms with Gasteiger partial charge >= 0.3 is 12.1 Å². The average molecular weight is 185 g/mol. The molecule has 0 aliphatic heterocycles. The molecule has 12 heavy (non-hydrogen) atoms. The molecule has 3 N–H and O–H groups in total. The summed E-state index contributed by atoms with van der Waals surface area (Å²) in [5, 5.41) is 0. The number of allylic oxidation sites excluding steroid dienone is 1. The van der Waals surface area contributed by atoms with Gasteiger partial charge in [-0.05, 0) is 6.92 Å². The summed E-state index contributed by atoms with van der Waals surface area (Å²) < 4.78 is 38.3. The smallest absolute Gasteiger partial charge is 0.410 e. The van der Waals surface area contributed by atoms with E-state index in [9.17, 15) is 18.0 Å². The van der Waals surface area contributed by atoms with Gasteiger partial charge < -0.3 is 10.9 Å². The van der Waals surface area contributed by atoms with Crippen LogP contribution in [0.5, 0.6) is 0 Å². The second-order valence-corrected chi connectivity index (χ2v) is 1.63. The lowest BCUT2D eigenvalue weighted by molar-refractivity contribution is -0.137. The van der Waals surface area contributed by atoms with Crippen LogP contribution in [0.15, 0.2) is 12.2 Å². The molecule has 0 saturated heterocycles. The van der Waals surface area contributed by atoms with Crippen LogP contribution < -0.4 is 6.15 Å². The minimum absolute atomic E-state index is 0. The van der Waals surface area contributed by atoms with Crippen molar-refractivity contribution in [1.82, 2.24) is 6.15 Å². The highest BCUT2D eigenvalue weighted by Gasteiger charge is 2.22. The molecule has 0 amide bonds. The molecule has 0 aromatic heterocycles. The van der Waals surface area contributed by atoms with Crippen LogP contribution in [0.4, 0.5) is 13.2 Å². The first kappa shape index (κ1) is 13.5. The van der Waals surface area contributed by atoms with Gasteiger partial charge in [0.15, 0.2) is 0 Å². The molecule has 0 heterocycles. The van der Waals surface area contributed by atoms with E-state index in [4.69, 9.17) is 0 Å². The van der Waals surface area contributed by atoms with Crippen LogP contribution in [0.2, 0.25) is 0 Å². The van der Waals surface area contributed by atoms with Gasteiger partial charge in [0.05, 0.1) is 6.61 Å². The molecular formula is C6H10F3NO2. The summed E-state index contributed by atoms with van der Waals surface area (Å²) in [6.07, 6.45) is -4.26. The summed E-state index contributed by atoms with van der Waals surface area (Å²) in [6, 6.07) is 0. The standard InChI is InChI=1S/C6H7F3O2.H3N/c1-2-11-5(10)3-4-6(7,8)9;/h3-4H,2H2,1H3;1H3/b4-3+;. The van der Waals surface area contributed by atoms with Crippen molar-refractivity contribution >= 4 is 5.97 Å². The quantitative estimate of drug-likeness (QED) is 0.527. The summed E-state index contributed by atoms with van der Waals surface area (Å²) in [6.45, 7) is 1.58. The van der Waals surface area contributed by atoms with Crippen LogP contribution in [0.1, 0.15) is 6.92 Å². The number of alkyl halides is 3. The van der Waals surface area contributed by atoms with Gasteiger partial charge in [-0.25, -0.2) is 4.79 Å². The van der Waals surface area contributed by atoms with Crippen molar-refractivity contribution in [3.8, 4) is 0 Å². The zero-order valence-corrected chi connectivity index (χ0v) is 6.52. The second kappa shape index (κ2) is 5.59. The van der Waals surface area contributed by atoms with Crippen LogP contribution in [-0.4, -0.2) is 18.8 Å². The lowest BCUT2D eigenvalue weighted by Gasteiger charge is -1.97. The molecule has 0 atom stereocenters. The van der Waals surface area contributed by atoms with Crippen molar-refractivity contribution in [3.63, 3.8) is 0 Å². The largest absolute Gasteiger partial charge is 0.463 e. The monoisotopic (exact) mass is 185 g/mol. The maximum Gasteiger partial charge on any atom is 0.410 e. The van der Waals surface area contributed by atoms with Gasteiger partial charge in [0.2, 0.25) is 0 Å². The number of hydrogen-bond donors (Lipinski definition) is 1. The zero-order chi connectivity index (χ0) is 8.91. The van der Waals surface area contributed by atoms with Gasteiger partial charge in [0.25, 0.3) is 0 Å². The first-order chi connectivity index (χ1) is 4.95. The number of carbonyl (C=O) groups is 1. The normalized spacial score (nSPS) is 11.0. The van der Waals surface area contributed by atoms with E-state index in [1.54, 1.807) is 0 Å². The fraction of sp³-hybridized carbons (Fsp3) is 0.500. The van der Waals surface area contributed by atoms with Crippen LogP contribution in [0.3, 0.4) is 0 Å². The molecule has 0 spiro atoms. The molecule has 0 aromatic carbocycles. The maximum absolute atomic E-state index is 11.4. The van der Waals surface area contributed by atoms with E-state index in [1.165, 1.54) is 6.92 Å². The Bertz CT molecular complexity index is 165. The van der Waals surface area contributed by atoms with E-state index in [0.29, 0.717) is 6.08 Å². The Morgan fingerprint density at radius 2 is 2.00 bits per heavy atom. The number of ether oxygens (including phenoxy) is 1. The van der Waals surface area contributed by atoms with E-state index in [0.717, 1.165) is 0 Å². The summed E-state index contributed by atoms with van der Waals surface area (Å²) in [5.74, 6) is -0.982. The third kappa shape index (κ3) is 8.96. The van der Waals surface area contributed by atoms with Gasteiger partial charge in [-0.2, -0.15) is 13.2 Å². The Kier molecular flexibility index (Phi) is 6.31. The topological polar surface area (TPSA) is 61.3 Å². The number of halogens is 3. The van der Waals surface area contributed by atoms with Crippen molar-refractivity contribution in [1.29, 1.82) is 0 Å². The van der Waals surface area contributed by atoms with Crippen LogP contribution >= 0.6 is 0 Å². The molecule has 72 valence electrons. The number of carbonyl (C=O) groups excluding carboxylic acids is 1. The van der Waals surface area contributed by atoms with Crippen molar-refractivity contribution in [3.05, 3.63) is 12.2 Å². The van der Waals surface area contributed by atoms with Crippen LogP contribution in [0, 0.1) is 0 Å².